The van der Waals surface area contributed by atoms with E-state index < -0.39 is 0 Å². The van der Waals surface area contributed by atoms with E-state index in [2.05, 4.69) is 15.1 Å². The number of hydrogen-bond donors (Lipinski definition) is 0. The summed E-state index contributed by atoms with van der Waals surface area (Å²) < 4.78 is 3.70. The van der Waals surface area contributed by atoms with Gasteiger partial charge in [-0.1, -0.05) is 0 Å². The van der Waals surface area contributed by atoms with E-state index in [-0.39, 0.29) is 0 Å². The van der Waals surface area contributed by atoms with Crippen molar-refractivity contribution in [1.82, 2.24) is 24.1 Å². The topological polar surface area (TPSA) is 48.0 Å². The Morgan fingerprint density at radius 1 is 1.13 bits per heavy atom. The Kier molecular flexibility index (Phi) is 1.58. The molecule has 0 N–H and O–H groups in total. The maximum absolute atomic E-state index is 4.33. The lowest BCUT2D eigenvalue weighted by atomic mass is 10.3. The van der Waals surface area contributed by atoms with Gasteiger partial charge in [0, 0.05) is 37.4 Å². The molecule has 0 aliphatic heterocycles. The van der Waals surface area contributed by atoms with E-state index in [1.165, 1.54) is 0 Å². The van der Waals surface area contributed by atoms with E-state index in [9.17, 15) is 0 Å². The average molecular weight is 199 g/mol. The minimum atomic E-state index is 0.850. The molecule has 0 aromatic carbocycles. The van der Waals surface area contributed by atoms with Crippen LogP contribution in [0.15, 0.2) is 37.2 Å². The summed E-state index contributed by atoms with van der Waals surface area (Å²) in [4.78, 5) is 8.46. The lowest BCUT2D eigenvalue weighted by molar-refractivity contribution is 0.768. The number of aryl methyl sites for hydroxylation is 1. The van der Waals surface area contributed by atoms with Crippen molar-refractivity contribution in [3.63, 3.8) is 0 Å². The summed E-state index contributed by atoms with van der Waals surface area (Å²) in [6.07, 6.45) is 11.1. The van der Waals surface area contributed by atoms with Crippen molar-refractivity contribution in [2.45, 2.75) is 0 Å². The van der Waals surface area contributed by atoms with E-state index >= 15 is 0 Å². The maximum Gasteiger partial charge on any atom is 0.155 e. The van der Waals surface area contributed by atoms with Crippen LogP contribution in [0.4, 0.5) is 0 Å². The molecular weight excluding hydrogens is 190 g/mol. The highest BCUT2D eigenvalue weighted by atomic mass is 15.2. The third-order valence-corrected chi connectivity index (χ3v) is 2.28. The van der Waals surface area contributed by atoms with Crippen molar-refractivity contribution < 1.29 is 0 Å². The third kappa shape index (κ3) is 1.28. The van der Waals surface area contributed by atoms with Crippen LogP contribution in [0.3, 0.4) is 0 Å². The molecule has 0 radical (unpaired) electrons. The van der Waals surface area contributed by atoms with E-state index in [1.807, 2.05) is 30.0 Å². The molecule has 5 nitrogen and oxygen atoms in total. The van der Waals surface area contributed by atoms with Gasteiger partial charge < -0.3 is 4.40 Å². The number of imidazole rings is 1. The van der Waals surface area contributed by atoms with Gasteiger partial charge in [-0.05, 0) is 0 Å². The third-order valence-electron chi connectivity index (χ3n) is 2.28. The molecule has 0 spiro atoms. The summed E-state index contributed by atoms with van der Waals surface area (Å²) in [5, 5.41) is 4.11. The summed E-state index contributed by atoms with van der Waals surface area (Å²) >= 11 is 0. The van der Waals surface area contributed by atoms with Crippen molar-refractivity contribution in [3.05, 3.63) is 37.2 Å². The second kappa shape index (κ2) is 2.91. The van der Waals surface area contributed by atoms with Crippen LogP contribution in [-0.4, -0.2) is 24.1 Å². The molecule has 0 fully saturated rings. The first-order valence-electron chi connectivity index (χ1n) is 4.61. The SMILES string of the molecule is Cn1cc(-c2cn3ccnc3cn2)cn1. The molecular formula is C10H9N5. The zero-order valence-corrected chi connectivity index (χ0v) is 8.20. The number of fused-ring (bicyclic) bond motifs is 1. The van der Waals surface area contributed by atoms with E-state index in [0.717, 1.165) is 16.9 Å². The highest BCUT2D eigenvalue weighted by molar-refractivity contribution is 5.57. The standard InChI is InChI=1S/C10H9N5/c1-14-6-8(4-13-14)9-7-15-3-2-11-10(15)5-12-9/h2-7H,1H3. The van der Waals surface area contributed by atoms with Crippen LogP contribution in [0.1, 0.15) is 0 Å². The Morgan fingerprint density at radius 3 is 2.87 bits per heavy atom. The predicted molar refractivity (Wildman–Crippen MR) is 55.2 cm³/mol. The molecule has 74 valence electrons. The first-order chi connectivity index (χ1) is 7.33. The number of aromatic nitrogens is 5. The Labute approximate surface area is 86.0 Å². The van der Waals surface area contributed by atoms with Gasteiger partial charge in [0.2, 0.25) is 0 Å². The smallest absolute Gasteiger partial charge is 0.155 e. The fraction of sp³-hybridized carbons (Fsp3) is 0.100. The van der Waals surface area contributed by atoms with Gasteiger partial charge in [-0.3, -0.25) is 9.67 Å². The quantitative estimate of drug-likeness (QED) is 0.590. The summed E-state index contributed by atoms with van der Waals surface area (Å²) in [5.74, 6) is 0. The monoisotopic (exact) mass is 199 g/mol. The van der Waals surface area contributed by atoms with Crippen molar-refractivity contribution >= 4 is 5.65 Å². The molecule has 0 bridgehead atoms. The molecule has 0 aliphatic rings. The fourth-order valence-corrected chi connectivity index (χ4v) is 1.53. The van der Waals surface area contributed by atoms with Gasteiger partial charge >= 0.3 is 0 Å². The number of nitrogens with zero attached hydrogens (tertiary/aromatic N) is 5. The molecule has 0 aliphatic carbocycles. The highest BCUT2D eigenvalue weighted by Crippen LogP contribution is 2.15. The van der Waals surface area contributed by atoms with Crippen LogP contribution in [0.5, 0.6) is 0 Å². The van der Waals surface area contributed by atoms with E-state index in [0.29, 0.717) is 0 Å². The molecule has 0 saturated heterocycles. The van der Waals surface area contributed by atoms with Crippen molar-refractivity contribution in [2.24, 2.45) is 7.05 Å². The first kappa shape index (κ1) is 8.16. The fourth-order valence-electron chi connectivity index (χ4n) is 1.53. The molecule has 3 heterocycles. The molecule has 3 aromatic heterocycles. The Morgan fingerprint density at radius 2 is 2.07 bits per heavy atom. The maximum atomic E-state index is 4.33. The zero-order valence-electron chi connectivity index (χ0n) is 8.20. The van der Waals surface area contributed by atoms with Gasteiger partial charge in [-0.15, -0.1) is 0 Å². The molecule has 3 aromatic rings. The molecule has 3 rings (SSSR count). The largest absolute Gasteiger partial charge is 0.304 e. The summed E-state index contributed by atoms with van der Waals surface area (Å²) in [7, 11) is 1.89. The van der Waals surface area contributed by atoms with Gasteiger partial charge in [0.1, 0.15) is 0 Å². The second-order valence-corrected chi connectivity index (χ2v) is 3.37. The van der Waals surface area contributed by atoms with Crippen LogP contribution >= 0.6 is 0 Å². The zero-order chi connectivity index (χ0) is 10.3. The van der Waals surface area contributed by atoms with Crippen LogP contribution in [-0.2, 0) is 7.05 Å². The minimum absolute atomic E-state index is 0.850. The Balaban J connectivity index is 2.18. The van der Waals surface area contributed by atoms with Crippen molar-refractivity contribution in [3.8, 4) is 11.3 Å². The van der Waals surface area contributed by atoms with Crippen LogP contribution in [0.2, 0.25) is 0 Å². The van der Waals surface area contributed by atoms with Crippen LogP contribution < -0.4 is 0 Å². The molecule has 0 amide bonds. The average Bonchev–Trinajstić information content (AvgIpc) is 2.84. The number of rotatable bonds is 1. The first-order valence-corrected chi connectivity index (χ1v) is 4.61. The van der Waals surface area contributed by atoms with E-state index in [1.54, 1.807) is 23.3 Å². The van der Waals surface area contributed by atoms with Gasteiger partial charge in [-0.25, -0.2) is 4.98 Å². The van der Waals surface area contributed by atoms with Gasteiger partial charge in [0.25, 0.3) is 0 Å². The molecule has 0 unspecified atom stereocenters. The van der Waals surface area contributed by atoms with E-state index in [4.69, 9.17) is 0 Å². The minimum Gasteiger partial charge on any atom is -0.304 e. The van der Waals surface area contributed by atoms with Gasteiger partial charge in [-0.2, -0.15) is 5.10 Å². The molecule has 0 saturated carbocycles. The van der Waals surface area contributed by atoms with Crippen molar-refractivity contribution in [2.75, 3.05) is 0 Å². The van der Waals surface area contributed by atoms with Crippen LogP contribution in [0, 0.1) is 0 Å². The lowest BCUT2D eigenvalue weighted by Crippen LogP contribution is -1.89. The van der Waals surface area contributed by atoms with Crippen LogP contribution in [0.25, 0.3) is 16.9 Å². The highest BCUT2D eigenvalue weighted by Gasteiger charge is 2.03. The van der Waals surface area contributed by atoms with Gasteiger partial charge in [0.05, 0.1) is 18.1 Å². The molecule has 15 heavy (non-hydrogen) atoms. The molecule has 5 heteroatoms. The Hall–Kier alpha value is -2.17. The Bertz CT molecular complexity index is 607. The number of hydrogen-bond acceptors (Lipinski definition) is 3. The van der Waals surface area contributed by atoms with Gasteiger partial charge in [0.15, 0.2) is 5.65 Å². The molecule has 0 atom stereocenters. The summed E-state index contributed by atoms with van der Waals surface area (Å²) in [5.41, 5.74) is 2.75. The summed E-state index contributed by atoms with van der Waals surface area (Å²) in [6.45, 7) is 0. The lowest BCUT2D eigenvalue weighted by Gasteiger charge is -1.97. The summed E-state index contributed by atoms with van der Waals surface area (Å²) in [6, 6.07) is 0. The van der Waals surface area contributed by atoms with Crippen molar-refractivity contribution in [1.29, 1.82) is 0 Å². The predicted octanol–water partition coefficient (Wildman–Crippen LogP) is 1.13. The normalized spacial score (nSPS) is 11.0. The second-order valence-electron chi connectivity index (χ2n) is 3.37.